The molecule has 2 fully saturated rings. The standard InChI is InChI=1S/C28H37Cl2N5O3/c1-28(2,38-3)26(31)19-5-8-22(9-6-19)33-12-14-34(15-13-33)27(37)24(35-11-10-32-18-25(35)36)16-20-4-7-21(29)17-23(20)30/h4-9,17,24,26,32H,10-16,18,31H2,1-3H3. The Hall–Kier alpha value is -2.36. The lowest BCUT2D eigenvalue weighted by atomic mass is 9.92. The molecule has 2 aromatic rings. The Balaban J connectivity index is 1.44. The van der Waals surface area contributed by atoms with E-state index in [4.69, 9.17) is 33.7 Å². The van der Waals surface area contributed by atoms with Crippen molar-refractivity contribution in [2.24, 2.45) is 5.73 Å². The number of nitrogens with two attached hydrogens (primary N) is 1. The Morgan fingerprint density at radius 1 is 1.08 bits per heavy atom. The van der Waals surface area contributed by atoms with Gasteiger partial charge in [-0.05, 0) is 49.2 Å². The molecule has 0 radical (unpaired) electrons. The number of nitrogens with zero attached hydrogens (tertiary/aromatic N) is 3. The number of amides is 2. The molecule has 3 N–H and O–H groups in total. The van der Waals surface area contributed by atoms with Crippen LogP contribution >= 0.6 is 23.2 Å². The average Bonchev–Trinajstić information content (AvgIpc) is 2.92. The summed E-state index contributed by atoms with van der Waals surface area (Å²) in [6, 6.07) is 12.6. The van der Waals surface area contributed by atoms with E-state index in [1.54, 1.807) is 24.1 Å². The predicted octanol–water partition coefficient (Wildman–Crippen LogP) is 3.11. The second-order valence-corrected chi connectivity index (χ2v) is 11.3. The molecule has 4 rings (SSSR count). The van der Waals surface area contributed by atoms with Crippen LogP contribution < -0.4 is 16.0 Å². The number of benzene rings is 2. The molecule has 0 saturated carbocycles. The predicted molar refractivity (Wildman–Crippen MR) is 152 cm³/mol. The molecule has 206 valence electrons. The molecule has 0 aliphatic carbocycles. The van der Waals surface area contributed by atoms with Crippen molar-refractivity contribution in [3.8, 4) is 0 Å². The minimum absolute atomic E-state index is 0.0472. The Kier molecular flexibility index (Phi) is 9.21. The molecule has 10 heteroatoms. The van der Waals surface area contributed by atoms with Crippen LogP contribution in [0.2, 0.25) is 10.0 Å². The van der Waals surface area contributed by atoms with Gasteiger partial charge in [-0.15, -0.1) is 0 Å². The Labute approximate surface area is 235 Å². The zero-order valence-electron chi connectivity index (χ0n) is 22.3. The normalized spacial score (nSPS) is 18.5. The molecule has 2 amide bonds. The van der Waals surface area contributed by atoms with Crippen LogP contribution in [0.5, 0.6) is 0 Å². The molecule has 0 aromatic heterocycles. The SMILES string of the molecule is COC(C)(C)C(N)c1ccc(N2CCN(C(=O)C(Cc3ccc(Cl)cc3Cl)N3CCNCC3=O)CC2)cc1. The number of methoxy groups -OCH3 is 1. The van der Waals surface area contributed by atoms with Crippen molar-refractivity contribution >= 4 is 40.7 Å². The topological polar surface area (TPSA) is 91.1 Å². The maximum Gasteiger partial charge on any atom is 0.245 e. The van der Waals surface area contributed by atoms with Crippen LogP contribution in [0.1, 0.15) is 31.0 Å². The maximum absolute atomic E-state index is 13.8. The summed E-state index contributed by atoms with van der Waals surface area (Å²) in [6.45, 7) is 7.85. The van der Waals surface area contributed by atoms with E-state index in [2.05, 4.69) is 22.3 Å². The largest absolute Gasteiger partial charge is 0.377 e. The van der Waals surface area contributed by atoms with E-state index >= 15 is 0 Å². The molecule has 2 heterocycles. The van der Waals surface area contributed by atoms with Crippen LogP contribution in [-0.2, 0) is 20.7 Å². The van der Waals surface area contributed by atoms with Crippen molar-refractivity contribution in [3.05, 3.63) is 63.6 Å². The number of hydrogen-bond donors (Lipinski definition) is 2. The zero-order chi connectivity index (χ0) is 27.4. The van der Waals surface area contributed by atoms with Gasteiger partial charge in [-0.1, -0.05) is 41.4 Å². The van der Waals surface area contributed by atoms with Gasteiger partial charge in [-0.25, -0.2) is 0 Å². The Bertz CT molecular complexity index is 1140. The lowest BCUT2D eigenvalue weighted by molar-refractivity contribution is -0.146. The number of nitrogens with one attached hydrogen (secondary N) is 1. The minimum Gasteiger partial charge on any atom is -0.377 e. The molecule has 2 unspecified atom stereocenters. The summed E-state index contributed by atoms with van der Waals surface area (Å²) in [7, 11) is 1.67. The summed E-state index contributed by atoms with van der Waals surface area (Å²) in [4.78, 5) is 32.4. The second kappa shape index (κ2) is 12.2. The van der Waals surface area contributed by atoms with Gasteiger partial charge in [-0.2, -0.15) is 0 Å². The highest BCUT2D eigenvalue weighted by molar-refractivity contribution is 6.35. The van der Waals surface area contributed by atoms with Gasteiger partial charge in [0.1, 0.15) is 6.04 Å². The van der Waals surface area contributed by atoms with Crippen LogP contribution in [0.4, 0.5) is 5.69 Å². The van der Waals surface area contributed by atoms with Gasteiger partial charge in [0, 0.05) is 68.5 Å². The highest BCUT2D eigenvalue weighted by atomic mass is 35.5. The highest BCUT2D eigenvalue weighted by Gasteiger charge is 2.36. The van der Waals surface area contributed by atoms with E-state index in [9.17, 15) is 9.59 Å². The number of carbonyl (C=O) groups excluding carboxylic acids is 2. The molecule has 8 nitrogen and oxygen atoms in total. The van der Waals surface area contributed by atoms with E-state index < -0.39 is 11.6 Å². The molecule has 2 aromatic carbocycles. The lowest BCUT2D eigenvalue weighted by Gasteiger charge is -2.41. The van der Waals surface area contributed by atoms with Gasteiger partial charge in [0.25, 0.3) is 0 Å². The number of anilines is 1. The molecule has 2 saturated heterocycles. The number of rotatable bonds is 8. The Morgan fingerprint density at radius 2 is 1.76 bits per heavy atom. The second-order valence-electron chi connectivity index (χ2n) is 10.4. The molecule has 0 spiro atoms. The van der Waals surface area contributed by atoms with Crippen molar-refractivity contribution in [1.82, 2.24) is 15.1 Å². The van der Waals surface area contributed by atoms with Crippen molar-refractivity contribution in [3.63, 3.8) is 0 Å². The van der Waals surface area contributed by atoms with Crippen molar-refractivity contribution < 1.29 is 14.3 Å². The van der Waals surface area contributed by atoms with Crippen LogP contribution in [0.15, 0.2) is 42.5 Å². The first kappa shape index (κ1) is 28.6. The van der Waals surface area contributed by atoms with Crippen LogP contribution in [0.25, 0.3) is 0 Å². The summed E-state index contributed by atoms with van der Waals surface area (Å²) < 4.78 is 5.54. The van der Waals surface area contributed by atoms with E-state index in [0.29, 0.717) is 55.7 Å². The van der Waals surface area contributed by atoms with E-state index in [1.165, 1.54) is 0 Å². The van der Waals surface area contributed by atoms with Gasteiger partial charge in [0.15, 0.2) is 0 Å². The maximum atomic E-state index is 13.8. The quantitative estimate of drug-likeness (QED) is 0.514. The fourth-order valence-electron chi connectivity index (χ4n) is 4.99. The molecular weight excluding hydrogens is 525 g/mol. The third-order valence-corrected chi connectivity index (χ3v) is 8.29. The molecule has 2 atom stereocenters. The lowest BCUT2D eigenvalue weighted by Crippen LogP contribution is -2.60. The van der Waals surface area contributed by atoms with Crippen LogP contribution in [0.3, 0.4) is 0 Å². The fraction of sp³-hybridized carbons (Fsp3) is 0.500. The van der Waals surface area contributed by atoms with Gasteiger partial charge < -0.3 is 30.5 Å². The Morgan fingerprint density at radius 3 is 2.37 bits per heavy atom. The van der Waals surface area contributed by atoms with E-state index in [0.717, 1.165) is 16.8 Å². The summed E-state index contributed by atoms with van der Waals surface area (Å²) >= 11 is 12.5. The van der Waals surface area contributed by atoms with Gasteiger partial charge in [0.2, 0.25) is 11.8 Å². The van der Waals surface area contributed by atoms with Crippen molar-refractivity contribution in [1.29, 1.82) is 0 Å². The highest BCUT2D eigenvalue weighted by Crippen LogP contribution is 2.28. The third kappa shape index (κ3) is 6.43. The van der Waals surface area contributed by atoms with Crippen LogP contribution in [0, 0.1) is 0 Å². The molecule has 2 aliphatic rings. The van der Waals surface area contributed by atoms with Crippen LogP contribution in [-0.4, -0.2) is 86.2 Å². The van der Waals surface area contributed by atoms with Gasteiger partial charge in [-0.3, -0.25) is 9.59 Å². The first-order valence-corrected chi connectivity index (χ1v) is 13.7. The smallest absolute Gasteiger partial charge is 0.245 e. The number of hydrogen-bond acceptors (Lipinski definition) is 6. The fourth-order valence-corrected chi connectivity index (χ4v) is 5.48. The first-order chi connectivity index (χ1) is 18.1. The monoisotopic (exact) mass is 561 g/mol. The van der Waals surface area contributed by atoms with Crippen molar-refractivity contribution in [2.45, 2.75) is 38.0 Å². The van der Waals surface area contributed by atoms with E-state index in [1.807, 2.05) is 36.9 Å². The number of halogens is 2. The minimum atomic E-state index is -0.611. The third-order valence-electron chi connectivity index (χ3n) is 7.70. The molecular formula is C28H37Cl2N5O3. The number of piperazine rings is 2. The summed E-state index contributed by atoms with van der Waals surface area (Å²) in [5.74, 6) is -0.123. The number of carbonyl (C=O) groups is 2. The first-order valence-electron chi connectivity index (χ1n) is 13.0. The summed E-state index contributed by atoms with van der Waals surface area (Å²) in [5, 5.41) is 4.12. The van der Waals surface area contributed by atoms with Gasteiger partial charge >= 0.3 is 0 Å². The summed E-state index contributed by atoms with van der Waals surface area (Å²) in [6.07, 6.45) is 0.348. The number of ether oxygens (including phenoxy) is 1. The van der Waals surface area contributed by atoms with E-state index in [-0.39, 0.29) is 24.4 Å². The summed E-state index contributed by atoms with van der Waals surface area (Å²) in [5.41, 5.74) is 8.84. The molecule has 0 bridgehead atoms. The molecule has 2 aliphatic heterocycles. The zero-order valence-corrected chi connectivity index (χ0v) is 23.8. The average molecular weight is 563 g/mol. The van der Waals surface area contributed by atoms with Crippen molar-refractivity contribution in [2.75, 3.05) is 57.8 Å². The molecule has 38 heavy (non-hydrogen) atoms. The van der Waals surface area contributed by atoms with Gasteiger partial charge in [0.05, 0.1) is 18.2 Å².